The van der Waals surface area contributed by atoms with Crippen molar-refractivity contribution in [3.63, 3.8) is 0 Å². The van der Waals surface area contributed by atoms with Gasteiger partial charge in [0.1, 0.15) is 23.7 Å². The quantitative estimate of drug-likeness (QED) is 0.488. The van der Waals surface area contributed by atoms with Crippen molar-refractivity contribution >= 4 is 17.8 Å². The summed E-state index contributed by atoms with van der Waals surface area (Å²) in [4.78, 5) is 41.3. The fraction of sp³-hybridized carbons (Fsp3) is 0.462. The molecule has 36 heavy (non-hydrogen) atoms. The molecule has 0 spiro atoms. The van der Waals surface area contributed by atoms with E-state index in [0.29, 0.717) is 5.75 Å². The number of nitrogens with zero attached hydrogens (tertiary/aromatic N) is 1. The number of pyridine rings is 1. The van der Waals surface area contributed by atoms with E-state index < -0.39 is 35.8 Å². The molecule has 0 unspecified atom stereocenters. The molecule has 1 aliphatic rings. The monoisotopic (exact) mass is 502 g/mol. The molecule has 0 radical (unpaired) electrons. The van der Waals surface area contributed by atoms with Gasteiger partial charge in [-0.3, -0.25) is 9.59 Å². The Labute approximate surface area is 209 Å². The molecule has 1 aromatic heterocycles. The fourth-order valence-corrected chi connectivity index (χ4v) is 4.33. The molecule has 1 amide bonds. The zero-order valence-electron chi connectivity index (χ0n) is 21.0. The normalized spacial score (nSPS) is 15.6. The third-order valence-electron chi connectivity index (χ3n) is 6.27. The van der Waals surface area contributed by atoms with Crippen LogP contribution in [0.2, 0.25) is 0 Å². The van der Waals surface area contributed by atoms with Crippen molar-refractivity contribution in [2.45, 2.75) is 58.1 Å². The average molecular weight is 503 g/mol. The lowest BCUT2D eigenvalue weighted by molar-refractivity contribution is -0.152. The first-order valence-electron chi connectivity index (χ1n) is 11.7. The number of benzene rings is 1. The molecule has 3 rings (SSSR count). The smallest absolute Gasteiger partial charge is 0.328 e. The first kappa shape index (κ1) is 26.9. The predicted molar refractivity (Wildman–Crippen MR) is 128 cm³/mol. The van der Waals surface area contributed by atoms with E-state index in [4.69, 9.17) is 18.9 Å². The van der Waals surface area contributed by atoms with Crippen molar-refractivity contribution in [1.29, 1.82) is 0 Å². The molecular formula is C26H31FN2O7. The first-order chi connectivity index (χ1) is 17.2. The highest BCUT2D eigenvalue weighted by Gasteiger charge is 2.37. The maximum Gasteiger partial charge on any atom is 0.328 e. The number of aromatic nitrogens is 1. The second-order valence-electron chi connectivity index (χ2n) is 8.72. The van der Waals surface area contributed by atoms with Gasteiger partial charge in [-0.05, 0) is 38.7 Å². The largest absolute Gasteiger partial charge is 0.496 e. The van der Waals surface area contributed by atoms with E-state index in [0.717, 1.165) is 24.8 Å². The second kappa shape index (κ2) is 11.8. The first-order valence-corrected chi connectivity index (χ1v) is 11.7. The minimum atomic E-state index is -1.03. The fourth-order valence-electron chi connectivity index (χ4n) is 4.33. The number of nitrogens with one attached hydrogen (secondary N) is 1. The molecule has 1 aromatic carbocycles. The molecule has 0 aliphatic heterocycles. The Balaban J connectivity index is 1.74. The molecule has 0 saturated heterocycles. The predicted octanol–water partition coefficient (Wildman–Crippen LogP) is 3.80. The summed E-state index contributed by atoms with van der Waals surface area (Å²) < 4.78 is 35.2. The topological polar surface area (TPSA) is 113 Å². The average Bonchev–Trinajstić information content (AvgIpc) is 2.80. The maximum atomic E-state index is 13.8. The lowest BCUT2D eigenvalue weighted by atomic mass is 9.70. The number of hydrogen-bond donors (Lipinski definition) is 1. The number of ether oxygens (including phenoxy) is 4. The van der Waals surface area contributed by atoms with E-state index in [1.807, 2.05) is 0 Å². The molecular weight excluding hydrogens is 471 g/mol. The molecule has 1 aliphatic carbocycles. The maximum absolute atomic E-state index is 13.8. The molecule has 3 atom stereocenters. The van der Waals surface area contributed by atoms with Gasteiger partial charge in [0, 0.05) is 36.7 Å². The van der Waals surface area contributed by atoms with Crippen LogP contribution in [0.5, 0.6) is 17.2 Å². The molecule has 10 heteroatoms. The number of carbonyl (C=O) groups is 3. The lowest BCUT2D eigenvalue weighted by Crippen LogP contribution is -2.42. The summed E-state index contributed by atoms with van der Waals surface area (Å²) in [6.07, 6.45) is 3.74. The Kier molecular flexibility index (Phi) is 8.84. The second-order valence-corrected chi connectivity index (χ2v) is 8.72. The Morgan fingerprint density at radius 2 is 1.78 bits per heavy atom. The van der Waals surface area contributed by atoms with E-state index in [-0.39, 0.29) is 29.0 Å². The highest BCUT2D eigenvalue weighted by Crippen LogP contribution is 2.45. The number of halogens is 1. The summed E-state index contributed by atoms with van der Waals surface area (Å²) in [5, 5.41) is 2.54. The number of rotatable bonds is 10. The number of methoxy groups -OCH3 is 2. The molecule has 1 saturated carbocycles. The van der Waals surface area contributed by atoms with Gasteiger partial charge in [0.25, 0.3) is 5.91 Å². The summed E-state index contributed by atoms with van der Waals surface area (Å²) in [6.45, 7) is 4.44. The summed E-state index contributed by atoms with van der Waals surface area (Å²) in [7, 11) is 2.83. The van der Waals surface area contributed by atoms with Crippen molar-refractivity contribution in [2.75, 3.05) is 14.2 Å². The van der Waals surface area contributed by atoms with Gasteiger partial charge in [-0.1, -0.05) is 12.5 Å². The SMILES string of the molecule is COc1cc(F)ccc1[C@H](C1CCC1)[C@H](C)OC(=O)[C@H](C)NC(=O)c1nccc(OC)c1OC(C)=O. The van der Waals surface area contributed by atoms with Gasteiger partial charge in [-0.25, -0.2) is 14.2 Å². The van der Waals surface area contributed by atoms with E-state index >= 15 is 0 Å². The van der Waals surface area contributed by atoms with Gasteiger partial charge in [0.15, 0.2) is 11.4 Å². The van der Waals surface area contributed by atoms with Crippen LogP contribution in [-0.4, -0.2) is 49.2 Å². The summed E-state index contributed by atoms with van der Waals surface area (Å²) >= 11 is 0. The lowest BCUT2D eigenvalue weighted by Gasteiger charge is -2.38. The van der Waals surface area contributed by atoms with Gasteiger partial charge >= 0.3 is 11.9 Å². The van der Waals surface area contributed by atoms with Crippen molar-refractivity contribution in [3.8, 4) is 17.2 Å². The molecule has 1 fully saturated rings. The van der Waals surface area contributed by atoms with Gasteiger partial charge in [-0.2, -0.15) is 0 Å². The molecule has 9 nitrogen and oxygen atoms in total. The highest BCUT2D eigenvalue weighted by atomic mass is 19.1. The molecule has 1 N–H and O–H groups in total. The summed E-state index contributed by atoms with van der Waals surface area (Å²) in [5.74, 6) is -2.01. The van der Waals surface area contributed by atoms with Crippen molar-refractivity contribution in [2.24, 2.45) is 5.92 Å². The zero-order valence-corrected chi connectivity index (χ0v) is 21.0. The van der Waals surface area contributed by atoms with E-state index in [1.54, 1.807) is 13.0 Å². The number of esters is 2. The van der Waals surface area contributed by atoms with Crippen LogP contribution in [0.4, 0.5) is 4.39 Å². The van der Waals surface area contributed by atoms with Crippen LogP contribution in [0.15, 0.2) is 30.5 Å². The number of amides is 1. The third-order valence-corrected chi connectivity index (χ3v) is 6.27. The van der Waals surface area contributed by atoms with Crippen LogP contribution >= 0.6 is 0 Å². The Morgan fingerprint density at radius 3 is 2.36 bits per heavy atom. The van der Waals surface area contributed by atoms with Gasteiger partial charge in [-0.15, -0.1) is 0 Å². The minimum absolute atomic E-state index is 0.144. The number of carbonyl (C=O) groups excluding carboxylic acids is 3. The van der Waals surface area contributed by atoms with Crippen LogP contribution in [0.3, 0.4) is 0 Å². The standard InChI is InChI=1S/C26H31FN2O7/c1-14(29-25(31)23-24(36-16(3)30)20(33-4)11-12-28-23)26(32)35-15(2)22(17-7-6-8-17)19-10-9-18(27)13-21(19)34-5/h9-15,17,22H,6-8H2,1-5H3,(H,29,31)/t14-,15-,22-/m0/s1. The molecule has 194 valence electrons. The van der Waals surface area contributed by atoms with Gasteiger partial charge < -0.3 is 24.3 Å². The molecule has 2 aromatic rings. The number of hydrogen-bond acceptors (Lipinski definition) is 8. The zero-order chi connectivity index (χ0) is 26.4. The van der Waals surface area contributed by atoms with E-state index in [9.17, 15) is 18.8 Å². The van der Waals surface area contributed by atoms with Gasteiger partial charge in [0.2, 0.25) is 5.75 Å². The van der Waals surface area contributed by atoms with Crippen LogP contribution in [0, 0.1) is 11.7 Å². The minimum Gasteiger partial charge on any atom is -0.496 e. The Morgan fingerprint density at radius 1 is 1.08 bits per heavy atom. The summed E-state index contributed by atoms with van der Waals surface area (Å²) in [6, 6.07) is 4.76. The van der Waals surface area contributed by atoms with Crippen LogP contribution in [-0.2, 0) is 14.3 Å². The third kappa shape index (κ3) is 6.10. The molecule has 1 heterocycles. The van der Waals surface area contributed by atoms with Crippen molar-refractivity contribution in [3.05, 3.63) is 47.5 Å². The summed E-state index contributed by atoms with van der Waals surface area (Å²) in [5.41, 5.74) is 0.563. The molecule has 0 bridgehead atoms. The van der Waals surface area contributed by atoms with Crippen LogP contribution in [0.25, 0.3) is 0 Å². The van der Waals surface area contributed by atoms with Crippen LogP contribution < -0.4 is 19.5 Å². The van der Waals surface area contributed by atoms with Crippen molar-refractivity contribution < 1.29 is 37.7 Å². The van der Waals surface area contributed by atoms with E-state index in [2.05, 4.69) is 10.3 Å². The van der Waals surface area contributed by atoms with Crippen LogP contribution in [0.1, 0.15) is 62.0 Å². The van der Waals surface area contributed by atoms with Crippen molar-refractivity contribution in [1.82, 2.24) is 10.3 Å². The Hall–Kier alpha value is -3.69. The highest BCUT2D eigenvalue weighted by molar-refractivity contribution is 5.98. The van der Waals surface area contributed by atoms with E-state index in [1.165, 1.54) is 52.5 Å². The Bertz CT molecular complexity index is 1120. The van der Waals surface area contributed by atoms with Gasteiger partial charge in [0.05, 0.1) is 14.2 Å².